The summed E-state index contributed by atoms with van der Waals surface area (Å²) in [7, 11) is 0. The SMILES string of the molecule is Cc1nc(NCc2ccco2)cc(C(=O)N2CCN(c3ccccc3)CC2)n1. The van der Waals surface area contributed by atoms with Gasteiger partial charge in [0, 0.05) is 37.9 Å². The highest BCUT2D eigenvalue weighted by atomic mass is 16.3. The molecule has 0 spiro atoms. The van der Waals surface area contributed by atoms with Crippen LogP contribution in [-0.2, 0) is 6.54 Å². The standard InChI is InChI=1S/C21H23N5O2/c1-16-23-19(14-20(24-16)22-15-18-8-5-13-28-18)21(27)26-11-9-25(10-12-26)17-6-3-2-4-7-17/h2-8,13-14H,9-12,15H2,1H3,(H,22,23,24). The zero-order chi connectivity index (χ0) is 19.3. The molecule has 0 saturated carbocycles. The fraction of sp³-hybridized carbons (Fsp3) is 0.286. The van der Waals surface area contributed by atoms with Crippen LogP contribution in [0.1, 0.15) is 22.1 Å². The number of nitrogens with one attached hydrogen (secondary N) is 1. The Bertz CT molecular complexity index is 919. The lowest BCUT2D eigenvalue weighted by atomic mass is 10.2. The van der Waals surface area contributed by atoms with Gasteiger partial charge in [0.15, 0.2) is 0 Å². The number of carbonyl (C=O) groups excluding carboxylic acids is 1. The fourth-order valence-electron chi connectivity index (χ4n) is 3.33. The third-order valence-corrected chi connectivity index (χ3v) is 4.77. The van der Waals surface area contributed by atoms with E-state index < -0.39 is 0 Å². The molecule has 0 radical (unpaired) electrons. The van der Waals surface area contributed by atoms with Crippen molar-refractivity contribution >= 4 is 17.4 Å². The molecule has 144 valence electrons. The van der Waals surface area contributed by atoms with Gasteiger partial charge in [0.2, 0.25) is 0 Å². The van der Waals surface area contributed by atoms with Gasteiger partial charge < -0.3 is 19.5 Å². The van der Waals surface area contributed by atoms with Crippen LogP contribution < -0.4 is 10.2 Å². The van der Waals surface area contributed by atoms with Crippen molar-refractivity contribution in [1.82, 2.24) is 14.9 Å². The van der Waals surface area contributed by atoms with Crippen molar-refractivity contribution in [3.05, 3.63) is 72.1 Å². The maximum atomic E-state index is 13.0. The lowest BCUT2D eigenvalue weighted by Gasteiger charge is -2.36. The number of benzene rings is 1. The Morgan fingerprint density at radius 1 is 1.07 bits per heavy atom. The van der Waals surface area contributed by atoms with Gasteiger partial charge in [-0.1, -0.05) is 18.2 Å². The predicted molar refractivity (Wildman–Crippen MR) is 107 cm³/mol. The summed E-state index contributed by atoms with van der Waals surface area (Å²) in [5, 5.41) is 3.19. The van der Waals surface area contributed by atoms with Gasteiger partial charge in [0.25, 0.3) is 5.91 Å². The molecule has 1 N–H and O–H groups in total. The first-order valence-corrected chi connectivity index (χ1v) is 9.40. The topological polar surface area (TPSA) is 74.5 Å². The van der Waals surface area contributed by atoms with Crippen LogP contribution in [0.2, 0.25) is 0 Å². The largest absolute Gasteiger partial charge is 0.467 e. The van der Waals surface area contributed by atoms with Gasteiger partial charge in [-0.2, -0.15) is 0 Å². The average Bonchev–Trinajstić information content (AvgIpc) is 3.26. The summed E-state index contributed by atoms with van der Waals surface area (Å²) >= 11 is 0. The van der Waals surface area contributed by atoms with E-state index in [1.807, 2.05) is 35.2 Å². The minimum absolute atomic E-state index is 0.0562. The minimum atomic E-state index is -0.0562. The Hall–Kier alpha value is -3.35. The van der Waals surface area contributed by atoms with Crippen molar-refractivity contribution in [2.75, 3.05) is 36.4 Å². The van der Waals surface area contributed by atoms with Crippen LogP contribution >= 0.6 is 0 Å². The van der Waals surface area contributed by atoms with Crippen LogP contribution in [0, 0.1) is 6.92 Å². The maximum Gasteiger partial charge on any atom is 0.272 e. The van der Waals surface area contributed by atoms with E-state index in [2.05, 4.69) is 32.3 Å². The monoisotopic (exact) mass is 377 g/mol. The highest BCUT2D eigenvalue weighted by Gasteiger charge is 2.23. The van der Waals surface area contributed by atoms with Crippen molar-refractivity contribution in [2.45, 2.75) is 13.5 Å². The Morgan fingerprint density at radius 2 is 1.86 bits per heavy atom. The number of carbonyl (C=O) groups is 1. The number of hydrogen-bond donors (Lipinski definition) is 1. The van der Waals surface area contributed by atoms with Crippen molar-refractivity contribution < 1.29 is 9.21 Å². The molecule has 1 fully saturated rings. The van der Waals surface area contributed by atoms with E-state index in [4.69, 9.17) is 4.42 Å². The molecule has 0 unspecified atom stereocenters. The molecule has 0 bridgehead atoms. The Kier molecular flexibility index (Phi) is 5.23. The number of aromatic nitrogens is 2. The first-order valence-electron chi connectivity index (χ1n) is 9.40. The Morgan fingerprint density at radius 3 is 2.57 bits per heavy atom. The summed E-state index contributed by atoms with van der Waals surface area (Å²) < 4.78 is 5.32. The van der Waals surface area contributed by atoms with E-state index in [1.54, 1.807) is 19.3 Å². The van der Waals surface area contributed by atoms with Gasteiger partial charge in [0.05, 0.1) is 12.8 Å². The summed E-state index contributed by atoms with van der Waals surface area (Å²) in [4.78, 5) is 25.8. The Balaban J connectivity index is 1.40. The molecule has 4 rings (SSSR count). The normalized spacial score (nSPS) is 14.2. The minimum Gasteiger partial charge on any atom is -0.467 e. The van der Waals surface area contributed by atoms with Crippen LogP contribution in [0.3, 0.4) is 0 Å². The molecule has 7 nitrogen and oxygen atoms in total. The molecule has 1 saturated heterocycles. The Labute approximate surface area is 164 Å². The van der Waals surface area contributed by atoms with Crippen molar-refractivity contribution in [3.8, 4) is 0 Å². The third-order valence-electron chi connectivity index (χ3n) is 4.77. The molecule has 1 aliphatic rings. The summed E-state index contributed by atoms with van der Waals surface area (Å²) in [5.74, 6) is 1.94. The van der Waals surface area contributed by atoms with Gasteiger partial charge in [-0.3, -0.25) is 4.79 Å². The molecule has 3 aromatic rings. The molecule has 0 aliphatic carbocycles. The third kappa shape index (κ3) is 4.14. The van der Waals surface area contributed by atoms with Crippen molar-refractivity contribution in [1.29, 1.82) is 0 Å². The predicted octanol–water partition coefficient (Wildman–Crippen LogP) is 2.95. The molecule has 1 aromatic carbocycles. The van der Waals surface area contributed by atoms with Gasteiger partial charge in [-0.25, -0.2) is 9.97 Å². The van der Waals surface area contributed by atoms with Gasteiger partial charge >= 0.3 is 0 Å². The smallest absolute Gasteiger partial charge is 0.272 e. The summed E-state index contributed by atoms with van der Waals surface area (Å²) in [6.45, 7) is 5.26. The molecule has 0 atom stereocenters. The second-order valence-corrected chi connectivity index (χ2v) is 6.73. The lowest BCUT2D eigenvalue weighted by molar-refractivity contribution is 0.0740. The molecular formula is C21H23N5O2. The van der Waals surface area contributed by atoms with E-state index in [0.29, 0.717) is 37.0 Å². The zero-order valence-electron chi connectivity index (χ0n) is 15.8. The van der Waals surface area contributed by atoms with Crippen LogP contribution in [-0.4, -0.2) is 47.0 Å². The molecule has 1 amide bonds. The number of nitrogens with zero attached hydrogens (tertiary/aromatic N) is 4. The number of rotatable bonds is 5. The van der Waals surface area contributed by atoms with Crippen molar-refractivity contribution in [2.24, 2.45) is 0 Å². The van der Waals surface area contributed by atoms with E-state index in [-0.39, 0.29) is 5.91 Å². The molecule has 1 aliphatic heterocycles. The molecular weight excluding hydrogens is 354 g/mol. The summed E-state index contributed by atoms with van der Waals surface area (Å²) in [6.07, 6.45) is 1.63. The van der Waals surface area contributed by atoms with Crippen molar-refractivity contribution in [3.63, 3.8) is 0 Å². The average molecular weight is 377 g/mol. The number of furan rings is 1. The molecule has 2 aromatic heterocycles. The summed E-state index contributed by atoms with van der Waals surface area (Å²) in [5.41, 5.74) is 1.61. The van der Waals surface area contributed by atoms with E-state index in [1.165, 1.54) is 5.69 Å². The lowest BCUT2D eigenvalue weighted by Crippen LogP contribution is -2.49. The summed E-state index contributed by atoms with van der Waals surface area (Å²) in [6, 6.07) is 15.7. The number of amides is 1. The number of piperazine rings is 1. The fourth-order valence-corrected chi connectivity index (χ4v) is 3.33. The van der Waals surface area contributed by atoms with Crippen LogP contribution in [0.4, 0.5) is 11.5 Å². The molecule has 7 heteroatoms. The first-order chi connectivity index (χ1) is 13.7. The zero-order valence-corrected chi connectivity index (χ0v) is 15.8. The molecule has 28 heavy (non-hydrogen) atoms. The van der Waals surface area contributed by atoms with E-state index in [9.17, 15) is 4.79 Å². The van der Waals surface area contributed by atoms with Crippen LogP contribution in [0.25, 0.3) is 0 Å². The first kappa shape index (κ1) is 18.0. The number of para-hydroxylation sites is 1. The number of aryl methyl sites for hydroxylation is 1. The number of anilines is 2. The van der Waals surface area contributed by atoms with Gasteiger partial charge in [-0.05, 0) is 31.2 Å². The number of hydrogen-bond acceptors (Lipinski definition) is 6. The van der Waals surface area contributed by atoms with Crippen LogP contribution in [0.5, 0.6) is 0 Å². The second kappa shape index (κ2) is 8.12. The quantitative estimate of drug-likeness (QED) is 0.737. The van der Waals surface area contributed by atoms with Crippen LogP contribution in [0.15, 0.2) is 59.2 Å². The van der Waals surface area contributed by atoms with E-state index in [0.717, 1.165) is 18.8 Å². The molecule has 3 heterocycles. The highest BCUT2D eigenvalue weighted by molar-refractivity contribution is 5.93. The van der Waals surface area contributed by atoms with Gasteiger partial charge in [0.1, 0.15) is 23.1 Å². The van der Waals surface area contributed by atoms with Gasteiger partial charge in [-0.15, -0.1) is 0 Å². The van der Waals surface area contributed by atoms with E-state index >= 15 is 0 Å². The second-order valence-electron chi connectivity index (χ2n) is 6.73. The highest BCUT2D eigenvalue weighted by Crippen LogP contribution is 2.17. The maximum absolute atomic E-state index is 13.0.